The lowest BCUT2D eigenvalue weighted by molar-refractivity contribution is -0.0380. The summed E-state index contributed by atoms with van der Waals surface area (Å²) in [6, 6.07) is 8.88. The Morgan fingerprint density at radius 2 is 2.21 bits per heavy atom. The van der Waals surface area contributed by atoms with Gasteiger partial charge < -0.3 is 19.8 Å². The summed E-state index contributed by atoms with van der Waals surface area (Å²) in [5, 5.41) is 0.247. The molecule has 1 aliphatic heterocycles. The summed E-state index contributed by atoms with van der Waals surface area (Å²) in [5.41, 5.74) is 7.40. The third kappa shape index (κ3) is 4.32. The molecule has 3 atom stereocenters. The fraction of sp³-hybridized carbons (Fsp3) is 0.300. The van der Waals surface area contributed by atoms with Crippen molar-refractivity contribution in [1.82, 2.24) is 4.57 Å². The summed E-state index contributed by atoms with van der Waals surface area (Å²) in [4.78, 5) is 16.1. The van der Waals surface area contributed by atoms with E-state index in [1.54, 1.807) is 24.3 Å². The van der Waals surface area contributed by atoms with Crippen molar-refractivity contribution in [1.29, 1.82) is 0 Å². The van der Waals surface area contributed by atoms with Crippen LogP contribution < -0.4 is 5.73 Å². The monoisotopic (exact) mass is 465 g/mol. The number of esters is 1. The minimum Gasteiger partial charge on any atom is -0.459 e. The standard InChI is InChI=1S/C20H21BrClN3O3/c1-3-24-17(22)16-15(21)10-25(18(16)23)19-12(2)9-14(28-19)11-27-20(26)13-7-5-4-6-8-13/h3-8,10,12,14,19H,1,9,11,23H2,2H3/t12-,14-,19-/m0/s1. The third-order valence-electron chi connectivity index (χ3n) is 4.57. The van der Waals surface area contributed by atoms with Gasteiger partial charge in [-0.1, -0.05) is 43.3 Å². The molecule has 2 heterocycles. The smallest absolute Gasteiger partial charge is 0.338 e. The van der Waals surface area contributed by atoms with Crippen LogP contribution in [0, 0.1) is 5.92 Å². The molecule has 1 aromatic heterocycles. The molecule has 148 valence electrons. The highest BCUT2D eigenvalue weighted by Gasteiger charge is 2.36. The summed E-state index contributed by atoms with van der Waals surface area (Å²) >= 11 is 9.67. The Bertz CT molecular complexity index is 898. The normalized spacial score (nSPS) is 22.2. The first-order valence-electron chi connectivity index (χ1n) is 8.80. The maximum Gasteiger partial charge on any atom is 0.338 e. The molecule has 2 N–H and O–H groups in total. The highest BCUT2D eigenvalue weighted by Crippen LogP contribution is 2.39. The van der Waals surface area contributed by atoms with E-state index >= 15 is 0 Å². The molecule has 0 bridgehead atoms. The van der Waals surface area contributed by atoms with Gasteiger partial charge in [0.1, 0.15) is 23.8 Å². The average Bonchev–Trinajstić information content (AvgIpc) is 3.19. The van der Waals surface area contributed by atoms with E-state index in [0.29, 0.717) is 16.9 Å². The number of hydrogen-bond acceptors (Lipinski definition) is 5. The van der Waals surface area contributed by atoms with Crippen LogP contribution in [-0.4, -0.2) is 28.4 Å². The number of anilines is 1. The van der Waals surface area contributed by atoms with Crippen molar-refractivity contribution in [2.24, 2.45) is 10.9 Å². The van der Waals surface area contributed by atoms with E-state index in [2.05, 4.69) is 34.4 Å². The zero-order valence-electron chi connectivity index (χ0n) is 15.3. The van der Waals surface area contributed by atoms with Crippen molar-refractivity contribution in [3.8, 4) is 0 Å². The topological polar surface area (TPSA) is 78.8 Å². The first kappa shape index (κ1) is 20.6. The second-order valence-corrected chi connectivity index (χ2v) is 7.79. The van der Waals surface area contributed by atoms with Crippen LogP contribution in [0.1, 0.15) is 35.5 Å². The van der Waals surface area contributed by atoms with Crippen molar-refractivity contribution in [2.45, 2.75) is 25.7 Å². The van der Waals surface area contributed by atoms with E-state index in [1.165, 1.54) is 6.20 Å². The van der Waals surface area contributed by atoms with Crippen LogP contribution in [0.3, 0.4) is 0 Å². The maximum atomic E-state index is 12.1. The largest absolute Gasteiger partial charge is 0.459 e. The lowest BCUT2D eigenvalue weighted by atomic mass is 10.1. The van der Waals surface area contributed by atoms with Gasteiger partial charge in [0, 0.05) is 22.8 Å². The molecule has 1 saturated heterocycles. The number of aliphatic imine (C=N–C) groups is 1. The number of rotatable bonds is 6. The zero-order chi connectivity index (χ0) is 20.3. The molecule has 0 spiro atoms. The number of hydrogen-bond donors (Lipinski definition) is 1. The number of nitrogen functional groups attached to an aromatic ring is 1. The fourth-order valence-electron chi connectivity index (χ4n) is 3.26. The minimum absolute atomic E-state index is 0.171. The number of aromatic nitrogens is 1. The maximum absolute atomic E-state index is 12.1. The second-order valence-electron chi connectivity index (χ2n) is 6.57. The Kier molecular flexibility index (Phi) is 6.59. The number of benzene rings is 1. The number of nitrogens with two attached hydrogens (primary N) is 1. The quantitative estimate of drug-likeness (QED) is 0.492. The van der Waals surface area contributed by atoms with E-state index in [0.717, 1.165) is 10.9 Å². The van der Waals surface area contributed by atoms with E-state index in [9.17, 15) is 4.79 Å². The molecular weight excluding hydrogens is 446 g/mol. The Morgan fingerprint density at radius 1 is 1.50 bits per heavy atom. The van der Waals surface area contributed by atoms with Gasteiger partial charge in [0.25, 0.3) is 0 Å². The highest BCUT2D eigenvalue weighted by molar-refractivity contribution is 9.10. The number of halogens is 2. The summed E-state index contributed by atoms with van der Waals surface area (Å²) < 4.78 is 14.1. The predicted molar refractivity (Wildman–Crippen MR) is 114 cm³/mol. The molecule has 6 nitrogen and oxygen atoms in total. The Labute approximate surface area is 177 Å². The van der Waals surface area contributed by atoms with E-state index in [1.807, 2.05) is 16.8 Å². The molecule has 0 unspecified atom stereocenters. The molecule has 1 aliphatic rings. The molecule has 0 saturated carbocycles. The number of carbonyl (C=O) groups excluding carboxylic acids is 1. The van der Waals surface area contributed by atoms with Crippen LogP contribution in [0.25, 0.3) is 0 Å². The summed E-state index contributed by atoms with van der Waals surface area (Å²) in [6.07, 6.45) is 3.42. The van der Waals surface area contributed by atoms with E-state index < -0.39 is 0 Å². The number of ether oxygens (including phenoxy) is 2. The molecule has 2 aromatic rings. The molecule has 8 heteroatoms. The van der Waals surface area contributed by atoms with Crippen molar-refractivity contribution >= 4 is 44.5 Å². The predicted octanol–water partition coefficient (Wildman–Crippen LogP) is 4.74. The van der Waals surface area contributed by atoms with Gasteiger partial charge in [0.05, 0.1) is 17.2 Å². The average molecular weight is 467 g/mol. The first-order valence-corrected chi connectivity index (χ1v) is 9.97. The van der Waals surface area contributed by atoms with Crippen LogP contribution in [0.4, 0.5) is 5.82 Å². The van der Waals surface area contributed by atoms with Gasteiger partial charge in [-0.25, -0.2) is 9.79 Å². The minimum atomic E-state index is -0.363. The number of nitrogens with zero attached hydrogens (tertiary/aromatic N) is 2. The van der Waals surface area contributed by atoms with Gasteiger partial charge >= 0.3 is 5.97 Å². The zero-order valence-corrected chi connectivity index (χ0v) is 17.7. The van der Waals surface area contributed by atoms with Gasteiger partial charge in [0.2, 0.25) is 0 Å². The van der Waals surface area contributed by atoms with Gasteiger partial charge in [-0.2, -0.15) is 0 Å². The van der Waals surface area contributed by atoms with Crippen LogP contribution in [-0.2, 0) is 9.47 Å². The Hall–Kier alpha value is -2.09. The highest BCUT2D eigenvalue weighted by atomic mass is 79.9. The summed E-state index contributed by atoms with van der Waals surface area (Å²) in [7, 11) is 0. The Morgan fingerprint density at radius 3 is 2.89 bits per heavy atom. The lowest BCUT2D eigenvalue weighted by Gasteiger charge is -2.19. The van der Waals surface area contributed by atoms with Crippen LogP contribution >= 0.6 is 27.5 Å². The molecule has 0 aliphatic carbocycles. The van der Waals surface area contributed by atoms with Crippen molar-refractivity contribution < 1.29 is 14.3 Å². The Balaban J connectivity index is 1.69. The number of carbonyl (C=O) groups is 1. The van der Waals surface area contributed by atoms with Crippen molar-refractivity contribution in [3.63, 3.8) is 0 Å². The van der Waals surface area contributed by atoms with Gasteiger partial charge in [-0.15, -0.1) is 0 Å². The molecule has 1 aromatic carbocycles. The molecule has 3 rings (SSSR count). The lowest BCUT2D eigenvalue weighted by Crippen LogP contribution is -2.20. The van der Waals surface area contributed by atoms with Gasteiger partial charge in [0.15, 0.2) is 0 Å². The van der Waals surface area contributed by atoms with Crippen LogP contribution in [0.15, 0.2) is 58.8 Å². The van der Waals surface area contributed by atoms with Crippen molar-refractivity contribution in [2.75, 3.05) is 12.3 Å². The fourth-order valence-corrected chi connectivity index (χ4v) is 4.25. The summed E-state index contributed by atoms with van der Waals surface area (Å²) in [5.74, 6) is 0.254. The van der Waals surface area contributed by atoms with Crippen molar-refractivity contribution in [3.05, 3.63) is 64.9 Å². The molecule has 0 radical (unpaired) electrons. The molecule has 1 fully saturated rings. The summed E-state index contributed by atoms with van der Waals surface area (Å²) in [6.45, 7) is 5.80. The van der Waals surface area contributed by atoms with Crippen LogP contribution in [0.5, 0.6) is 0 Å². The van der Waals surface area contributed by atoms with E-state index in [-0.39, 0.29) is 36.0 Å². The van der Waals surface area contributed by atoms with Crippen LogP contribution in [0.2, 0.25) is 0 Å². The van der Waals surface area contributed by atoms with Gasteiger partial charge in [-0.3, -0.25) is 0 Å². The van der Waals surface area contributed by atoms with E-state index in [4.69, 9.17) is 26.8 Å². The molecule has 28 heavy (non-hydrogen) atoms. The molecule has 0 amide bonds. The second kappa shape index (κ2) is 8.94. The first-order chi connectivity index (χ1) is 13.4. The third-order valence-corrected chi connectivity index (χ3v) is 5.46. The molecular formula is C20H21BrClN3O3. The SMILES string of the molecule is C=CN=C(Cl)c1c(Br)cn([C@H]2O[C@H](COC(=O)c3ccccc3)C[C@@H]2C)c1N. The van der Waals surface area contributed by atoms with Gasteiger partial charge in [-0.05, 0) is 34.5 Å².